The molecule has 2 amide bonds. The molecule has 3 aromatic rings. The summed E-state index contributed by atoms with van der Waals surface area (Å²) >= 11 is 1.27. The van der Waals surface area contributed by atoms with Crippen molar-refractivity contribution in [2.24, 2.45) is 7.05 Å². The van der Waals surface area contributed by atoms with Crippen LogP contribution in [0.2, 0.25) is 0 Å². The Kier molecular flexibility index (Phi) is 7.30. The van der Waals surface area contributed by atoms with Crippen molar-refractivity contribution < 1.29 is 14.3 Å². The minimum Gasteiger partial charge on any atom is -0.497 e. The molecule has 0 fully saturated rings. The summed E-state index contributed by atoms with van der Waals surface area (Å²) in [6.45, 7) is 3.98. The van der Waals surface area contributed by atoms with Gasteiger partial charge in [-0.1, -0.05) is 17.8 Å². The lowest BCUT2D eigenvalue weighted by atomic mass is 10.1. The largest absolute Gasteiger partial charge is 0.497 e. The molecule has 0 saturated carbocycles. The summed E-state index contributed by atoms with van der Waals surface area (Å²) in [6, 6.07) is 13.0. The van der Waals surface area contributed by atoms with Crippen LogP contribution in [-0.4, -0.2) is 39.4 Å². The van der Waals surface area contributed by atoms with Gasteiger partial charge in [-0.2, -0.15) is 0 Å². The minimum atomic E-state index is -0.204. The molecule has 8 nitrogen and oxygen atoms in total. The van der Waals surface area contributed by atoms with Gasteiger partial charge in [0.25, 0.3) is 0 Å². The number of aryl methyl sites for hydroxylation is 2. The number of benzene rings is 2. The Morgan fingerprint density at radius 3 is 2.26 bits per heavy atom. The maximum absolute atomic E-state index is 12.3. The molecule has 2 aromatic carbocycles. The molecule has 0 unspecified atom stereocenters. The lowest BCUT2D eigenvalue weighted by molar-refractivity contribution is -0.116. The summed E-state index contributed by atoms with van der Waals surface area (Å²) < 4.78 is 6.83. The van der Waals surface area contributed by atoms with E-state index in [-0.39, 0.29) is 24.0 Å². The van der Waals surface area contributed by atoms with Crippen molar-refractivity contribution in [3.05, 3.63) is 59.4 Å². The molecule has 0 aliphatic carbocycles. The van der Waals surface area contributed by atoms with Gasteiger partial charge < -0.3 is 19.9 Å². The molecule has 2 N–H and O–H groups in total. The van der Waals surface area contributed by atoms with E-state index < -0.39 is 0 Å². The second-order valence-corrected chi connectivity index (χ2v) is 8.07. The summed E-state index contributed by atoms with van der Waals surface area (Å²) in [4.78, 5) is 24.6. The van der Waals surface area contributed by atoms with Gasteiger partial charge in [-0.3, -0.25) is 9.59 Å². The maximum atomic E-state index is 12.3. The maximum Gasteiger partial charge on any atom is 0.234 e. The number of methoxy groups -OCH3 is 1. The van der Waals surface area contributed by atoms with Crippen LogP contribution in [0.25, 0.3) is 0 Å². The monoisotopic (exact) mass is 439 g/mol. The van der Waals surface area contributed by atoms with Gasteiger partial charge in [0.2, 0.25) is 11.8 Å². The molecule has 0 aliphatic rings. The number of rotatable bonds is 8. The summed E-state index contributed by atoms with van der Waals surface area (Å²) in [7, 11) is 3.37. The standard InChI is InChI=1S/C22H25N5O3S/c1-14-9-15(2)11-17(10-14)24-21(29)13-31-22-26-25-19(27(22)3)12-20(28)23-16-5-7-18(30-4)8-6-16/h5-11H,12-13H2,1-4H3,(H,23,28)(H,24,29). The van der Waals surface area contributed by atoms with Crippen molar-refractivity contribution in [2.45, 2.75) is 25.4 Å². The van der Waals surface area contributed by atoms with Crippen molar-refractivity contribution in [3.8, 4) is 5.75 Å². The van der Waals surface area contributed by atoms with Crippen LogP contribution in [0.4, 0.5) is 11.4 Å². The highest BCUT2D eigenvalue weighted by Crippen LogP contribution is 2.19. The number of thioether (sulfide) groups is 1. The van der Waals surface area contributed by atoms with Crippen molar-refractivity contribution in [3.63, 3.8) is 0 Å². The first-order valence-electron chi connectivity index (χ1n) is 9.67. The van der Waals surface area contributed by atoms with Crippen LogP contribution in [0.1, 0.15) is 17.0 Å². The van der Waals surface area contributed by atoms with Crippen molar-refractivity contribution >= 4 is 35.0 Å². The Morgan fingerprint density at radius 1 is 0.968 bits per heavy atom. The Balaban J connectivity index is 1.53. The molecule has 0 aliphatic heterocycles. The Morgan fingerprint density at radius 2 is 1.61 bits per heavy atom. The average molecular weight is 440 g/mol. The molecule has 31 heavy (non-hydrogen) atoms. The lowest BCUT2D eigenvalue weighted by Gasteiger charge is -2.08. The summed E-state index contributed by atoms with van der Waals surface area (Å²) in [5, 5.41) is 14.5. The van der Waals surface area contributed by atoms with Gasteiger partial charge >= 0.3 is 0 Å². The molecular formula is C22H25N5O3S. The van der Waals surface area contributed by atoms with E-state index in [1.807, 2.05) is 26.0 Å². The van der Waals surface area contributed by atoms with Crippen LogP contribution < -0.4 is 15.4 Å². The second-order valence-electron chi connectivity index (χ2n) is 7.12. The highest BCUT2D eigenvalue weighted by molar-refractivity contribution is 7.99. The van der Waals surface area contributed by atoms with Crippen LogP contribution in [0.3, 0.4) is 0 Å². The number of nitrogens with zero attached hydrogens (tertiary/aromatic N) is 3. The number of hydrogen-bond donors (Lipinski definition) is 2. The molecule has 162 valence electrons. The zero-order valence-corrected chi connectivity index (χ0v) is 18.7. The van der Waals surface area contributed by atoms with Crippen LogP contribution in [0.15, 0.2) is 47.6 Å². The summed E-state index contributed by atoms with van der Waals surface area (Å²) in [5.74, 6) is 1.09. The number of hydrogen-bond acceptors (Lipinski definition) is 6. The number of carbonyl (C=O) groups excluding carboxylic acids is 2. The first-order chi connectivity index (χ1) is 14.8. The molecule has 1 heterocycles. The van der Waals surface area contributed by atoms with E-state index in [1.54, 1.807) is 43.0 Å². The Labute approximate surface area is 185 Å². The smallest absolute Gasteiger partial charge is 0.234 e. The van der Waals surface area contributed by atoms with E-state index in [1.165, 1.54) is 11.8 Å². The van der Waals surface area contributed by atoms with Gasteiger partial charge in [0.05, 0.1) is 19.3 Å². The van der Waals surface area contributed by atoms with E-state index >= 15 is 0 Å². The first-order valence-corrected chi connectivity index (χ1v) is 10.7. The number of anilines is 2. The summed E-state index contributed by atoms with van der Waals surface area (Å²) in [5.41, 5.74) is 3.63. The molecule has 0 bridgehead atoms. The fraction of sp³-hybridized carbons (Fsp3) is 0.273. The molecule has 0 saturated heterocycles. The van der Waals surface area contributed by atoms with Crippen LogP contribution in [0.5, 0.6) is 5.75 Å². The fourth-order valence-electron chi connectivity index (χ4n) is 3.02. The number of carbonyl (C=O) groups is 2. The zero-order valence-electron chi connectivity index (χ0n) is 17.9. The molecule has 1 aromatic heterocycles. The van der Waals surface area contributed by atoms with Crippen LogP contribution in [-0.2, 0) is 23.1 Å². The third-order valence-electron chi connectivity index (χ3n) is 4.46. The van der Waals surface area contributed by atoms with Gasteiger partial charge in [-0.05, 0) is 61.4 Å². The average Bonchev–Trinajstić information content (AvgIpc) is 3.05. The number of nitrogens with one attached hydrogen (secondary N) is 2. The van der Waals surface area contributed by atoms with E-state index in [0.29, 0.717) is 16.7 Å². The van der Waals surface area contributed by atoms with E-state index in [4.69, 9.17) is 4.74 Å². The van der Waals surface area contributed by atoms with Gasteiger partial charge in [0.15, 0.2) is 5.16 Å². The third kappa shape index (κ3) is 6.32. The normalized spacial score (nSPS) is 10.6. The van der Waals surface area contributed by atoms with E-state index in [0.717, 1.165) is 22.6 Å². The van der Waals surface area contributed by atoms with Gasteiger partial charge in [-0.25, -0.2) is 0 Å². The number of ether oxygens (including phenoxy) is 1. The number of aromatic nitrogens is 3. The van der Waals surface area contributed by atoms with Crippen molar-refractivity contribution in [1.82, 2.24) is 14.8 Å². The SMILES string of the molecule is COc1ccc(NC(=O)Cc2nnc(SCC(=O)Nc3cc(C)cc(C)c3)n2C)cc1. The van der Waals surface area contributed by atoms with E-state index in [2.05, 4.69) is 26.9 Å². The lowest BCUT2D eigenvalue weighted by Crippen LogP contribution is -2.17. The molecule has 0 radical (unpaired) electrons. The predicted octanol–water partition coefficient (Wildman–Crippen LogP) is 3.35. The second kappa shape index (κ2) is 10.1. The number of amides is 2. The molecular weight excluding hydrogens is 414 g/mol. The zero-order chi connectivity index (χ0) is 22.4. The van der Waals surface area contributed by atoms with Crippen LogP contribution in [0, 0.1) is 13.8 Å². The highest BCUT2D eigenvalue weighted by atomic mass is 32.2. The first kappa shape index (κ1) is 22.4. The van der Waals surface area contributed by atoms with Gasteiger partial charge in [0, 0.05) is 18.4 Å². The van der Waals surface area contributed by atoms with E-state index in [9.17, 15) is 9.59 Å². The molecule has 9 heteroatoms. The molecule has 0 spiro atoms. The topological polar surface area (TPSA) is 98.1 Å². The van der Waals surface area contributed by atoms with Crippen molar-refractivity contribution in [1.29, 1.82) is 0 Å². The predicted molar refractivity (Wildman–Crippen MR) is 122 cm³/mol. The fourth-order valence-corrected chi connectivity index (χ4v) is 3.75. The van der Waals surface area contributed by atoms with Gasteiger partial charge in [-0.15, -0.1) is 10.2 Å². The minimum absolute atomic E-state index is 0.0743. The molecule has 0 atom stereocenters. The Bertz CT molecular complexity index is 1060. The van der Waals surface area contributed by atoms with Crippen molar-refractivity contribution in [2.75, 3.05) is 23.5 Å². The highest BCUT2D eigenvalue weighted by Gasteiger charge is 2.15. The quantitative estimate of drug-likeness (QED) is 0.523. The van der Waals surface area contributed by atoms with Gasteiger partial charge in [0.1, 0.15) is 11.6 Å². The Hall–Kier alpha value is -3.33. The molecule has 3 rings (SSSR count). The third-order valence-corrected chi connectivity index (χ3v) is 5.48. The summed E-state index contributed by atoms with van der Waals surface area (Å²) in [6.07, 6.45) is 0.0743. The van der Waals surface area contributed by atoms with Crippen LogP contribution >= 0.6 is 11.8 Å².